The van der Waals surface area contributed by atoms with E-state index in [0.29, 0.717) is 24.6 Å². The molecule has 0 radical (unpaired) electrons. The van der Waals surface area contributed by atoms with Gasteiger partial charge >= 0.3 is 0 Å². The molecule has 1 atom stereocenters. The second kappa shape index (κ2) is 7.86. The predicted molar refractivity (Wildman–Crippen MR) is 109 cm³/mol. The Morgan fingerprint density at radius 1 is 1.14 bits per heavy atom. The molecular formula is C22H23N3O3. The fourth-order valence-corrected chi connectivity index (χ4v) is 3.68. The van der Waals surface area contributed by atoms with Crippen LogP contribution in [0.4, 0.5) is 5.69 Å². The number of rotatable bonds is 7. The van der Waals surface area contributed by atoms with Crippen molar-refractivity contribution in [1.29, 1.82) is 0 Å². The zero-order chi connectivity index (χ0) is 19.5. The summed E-state index contributed by atoms with van der Waals surface area (Å²) in [5, 5.41) is 4.43. The van der Waals surface area contributed by atoms with E-state index in [1.165, 1.54) is 15.8 Å². The van der Waals surface area contributed by atoms with Crippen LogP contribution in [0.3, 0.4) is 0 Å². The molecule has 2 amide bonds. The summed E-state index contributed by atoms with van der Waals surface area (Å²) in [6, 6.07) is 14.8. The van der Waals surface area contributed by atoms with Crippen molar-refractivity contribution >= 4 is 28.4 Å². The number of anilines is 1. The van der Waals surface area contributed by atoms with Gasteiger partial charge in [0.1, 0.15) is 5.75 Å². The molecule has 2 N–H and O–H groups in total. The fraction of sp³-hybridized carbons (Fsp3) is 0.273. The molecule has 6 nitrogen and oxygen atoms in total. The topological polar surface area (TPSA) is 74.4 Å². The van der Waals surface area contributed by atoms with E-state index in [4.69, 9.17) is 4.74 Å². The number of ether oxygens (including phenoxy) is 1. The quantitative estimate of drug-likeness (QED) is 0.621. The molecule has 144 valence electrons. The fourth-order valence-electron chi connectivity index (χ4n) is 3.68. The van der Waals surface area contributed by atoms with Crippen LogP contribution in [-0.2, 0) is 16.0 Å². The Balaban J connectivity index is 1.43. The normalized spacial score (nSPS) is 16.9. The summed E-state index contributed by atoms with van der Waals surface area (Å²) in [7, 11) is 0. The molecule has 1 aliphatic rings. The monoisotopic (exact) mass is 377 g/mol. The number of nitrogens with zero attached hydrogens (tertiary/aromatic N) is 1. The van der Waals surface area contributed by atoms with Crippen LogP contribution < -0.4 is 15.0 Å². The highest BCUT2D eigenvalue weighted by molar-refractivity contribution is 6.23. The average molecular weight is 377 g/mol. The molecule has 0 unspecified atom stereocenters. The molecular weight excluding hydrogens is 354 g/mol. The Kier molecular flexibility index (Phi) is 5.12. The van der Waals surface area contributed by atoms with Crippen LogP contribution in [0.15, 0.2) is 54.7 Å². The molecule has 0 bridgehead atoms. The van der Waals surface area contributed by atoms with Crippen molar-refractivity contribution in [3.8, 4) is 5.75 Å². The van der Waals surface area contributed by atoms with Crippen molar-refractivity contribution < 1.29 is 14.3 Å². The summed E-state index contributed by atoms with van der Waals surface area (Å²) >= 11 is 0. The molecule has 0 spiro atoms. The maximum Gasteiger partial charge on any atom is 0.251 e. The highest BCUT2D eigenvalue weighted by Crippen LogP contribution is 2.32. The number of aromatic amines is 1. The van der Waals surface area contributed by atoms with Crippen LogP contribution in [0, 0.1) is 0 Å². The molecule has 6 heteroatoms. The predicted octanol–water partition coefficient (Wildman–Crippen LogP) is 3.03. The third-order valence-corrected chi connectivity index (χ3v) is 5.01. The first-order valence-electron chi connectivity index (χ1n) is 9.56. The lowest BCUT2D eigenvalue weighted by Gasteiger charge is -2.18. The van der Waals surface area contributed by atoms with E-state index in [9.17, 15) is 9.59 Å². The van der Waals surface area contributed by atoms with Crippen molar-refractivity contribution in [3.05, 3.63) is 60.3 Å². The Hall–Kier alpha value is -3.12. The molecule has 4 rings (SSSR count). The third kappa shape index (κ3) is 3.39. The summed E-state index contributed by atoms with van der Waals surface area (Å²) < 4.78 is 5.58. The van der Waals surface area contributed by atoms with Crippen molar-refractivity contribution in [2.75, 3.05) is 18.1 Å². The first kappa shape index (κ1) is 18.3. The molecule has 3 aromatic rings. The van der Waals surface area contributed by atoms with Gasteiger partial charge in [-0.2, -0.15) is 0 Å². The minimum atomic E-state index is -0.507. The molecule has 2 aromatic carbocycles. The SMILES string of the molecule is CCOc1ccccc1N1C(=O)C[C@H](NCCc2c[nH]c3ccccc23)C1=O. The van der Waals surface area contributed by atoms with E-state index in [0.717, 1.165) is 11.9 Å². The van der Waals surface area contributed by atoms with E-state index >= 15 is 0 Å². The molecule has 2 heterocycles. The maximum absolute atomic E-state index is 12.9. The van der Waals surface area contributed by atoms with Gasteiger partial charge in [-0.15, -0.1) is 0 Å². The maximum atomic E-state index is 12.9. The van der Waals surface area contributed by atoms with E-state index in [2.05, 4.69) is 16.4 Å². The summed E-state index contributed by atoms with van der Waals surface area (Å²) in [6.45, 7) is 2.96. The molecule has 1 saturated heterocycles. The standard InChI is InChI=1S/C22H23N3O3/c1-2-28-20-10-6-5-9-19(20)25-21(26)13-18(22(25)27)23-12-11-15-14-24-17-8-4-3-7-16(15)17/h3-10,14,18,23-24H,2,11-13H2,1H3/t18-/m0/s1. The van der Waals surface area contributed by atoms with Gasteiger partial charge in [-0.05, 0) is 37.1 Å². The van der Waals surface area contributed by atoms with Crippen LogP contribution in [0.5, 0.6) is 5.75 Å². The number of hydrogen-bond acceptors (Lipinski definition) is 4. The number of aromatic nitrogens is 1. The molecule has 28 heavy (non-hydrogen) atoms. The van der Waals surface area contributed by atoms with Gasteiger partial charge in [0.15, 0.2) is 0 Å². The van der Waals surface area contributed by atoms with Crippen LogP contribution in [-0.4, -0.2) is 36.0 Å². The van der Waals surface area contributed by atoms with Gasteiger partial charge < -0.3 is 15.0 Å². The lowest BCUT2D eigenvalue weighted by molar-refractivity contribution is -0.121. The van der Waals surface area contributed by atoms with Crippen molar-refractivity contribution in [3.63, 3.8) is 0 Å². The summed E-state index contributed by atoms with van der Waals surface area (Å²) in [5.74, 6) is 0.115. The summed E-state index contributed by atoms with van der Waals surface area (Å²) in [6.07, 6.45) is 2.93. The second-order valence-electron chi connectivity index (χ2n) is 6.79. The van der Waals surface area contributed by atoms with Crippen LogP contribution >= 0.6 is 0 Å². The number of carbonyl (C=O) groups excluding carboxylic acids is 2. The van der Waals surface area contributed by atoms with Gasteiger partial charge in [0, 0.05) is 23.6 Å². The number of benzene rings is 2. The number of carbonyl (C=O) groups is 2. The van der Waals surface area contributed by atoms with Crippen LogP contribution in [0.2, 0.25) is 0 Å². The Morgan fingerprint density at radius 3 is 2.79 bits per heavy atom. The average Bonchev–Trinajstić information content (AvgIpc) is 3.24. The molecule has 1 aliphatic heterocycles. The zero-order valence-electron chi connectivity index (χ0n) is 15.8. The lowest BCUT2D eigenvalue weighted by Crippen LogP contribution is -2.39. The number of imide groups is 1. The van der Waals surface area contributed by atoms with E-state index in [-0.39, 0.29) is 18.2 Å². The van der Waals surface area contributed by atoms with Crippen molar-refractivity contribution in [2.45, 2.75) is 25.8 Å². The van der Waals surface area contributed by atoms with Crippen LogP contribution in [0.1, 0.15) is 18.9 Å². The van der Waals surface area contributed by atoms with E-state index in [1.54, 1.807) is 18.2 Å². The minimum Gasteiger partial charge on any atom is -0.492 e. The first-order valence-corrected chi connectivity index (χ1v) is 9.56. The van der Waals surface area contributed by atoms with Gasteiger partial charge in [0.25, 0.3) is 5.91 Å². The number of hydrogen-bond donors (Lipinski definition) is 2. The number of para-hydroxylation sites is 3. The highest BCUT2D eigenvalue weighted by atomic mass is 16.5. The van der Waals surface area contributed by atoms with Gasteiger partial charge in [-0.1, -0.05) is 30.3 Å². The van der Waals surface area contributed by atoms with E-state index < -0.39 is 6.04 Å². The number of fused-ring (bicyclic) bond motifs is 1. The van der Waals surface area contributed by atoms with Gasteiger partial charge in [0.2, 0.25) is 5.91 Å². The minimum absolute atomic E-state index is 0.160. The molecule has 1 fully saturated rings. The zero-order valence-corrected chi connectivity index (χ0v) is 15.8. The van der Waals surface area contributed by atoms with Crippen molar-refractivity contribution in [1.82, 2.24) is 10.3 Å². The molecule has 1 aromatic heterocycles. The number of nitrogens with one attached hydrogen (secondary N) is 2. The van der Waals surface area contributed by atoms with Gasteiger partial charge in [-0.3, -0.25) is 9.59 Å². The molecule has 0 saturated carbocycles. The Labute approximate surface area is 163 Å². The number of amides is 2. The van der Waals surface area contributed by atoms with Gasteiger partial charge in [-0.25, -0.2) is 4.90 Å². The van der Waals surface area contributed by atoms with E-state index in [1.807, 2.05) is 37.4 Å². The number of H-pyrrole nitrogens is 1. The molecule has 0 aliphatic carbocycles. The third-order valence-electron chi connectivity index (χ3n) is 5.01. The summed E-state index contributed by atoms with van der Waals surface area (Å²) in [4.78, 5) is 29.9. The smallest absolute Gasteiger partial charge is 0.251 e. The first-order chi connectivity index (χ1) is 13.7. The Morgan fingerprint density at radius 2 is 1.93 bits per heavy atom. The summed E-state index contributed by atoms with van der Waals surface area (Å²) in [5.41, 5.74) is 2.81. The lowest BCUT2D eigenvalue weighted by atomic mass is 10.1. The van der Waals surface area contributed by atoms with Gasteiger partial charge in [0.05, 0.1) is 24.8 Å². The highest BCUT2D eigenvalue weighted by Gasteiger charge is 2.40. The Bertz CT molecular complexity index is 1010. The van der Waals surface area contributed by atoms with Crippen molar-refractivity contribution in [2.24, 2.45) is 0 Å². The van der Waals surface area contributed by atoms with Crippen LogP contribution in [0.25, 0.3) is 10.9 Å². The second-order valence-corrected chi connectivity index (χ2v) is 6.79. The largest absolute Gasteiger partial charge is 0.492 e.